The number of nitrogens with zero attached hydrogens (tertiary/aromatic N) is 4. The van der Waals surface area contributed by atoms with Crippen LogP contribution in [0.3, 0.4) is 0 Å². The van der Waals surface area contributed by atoms with E-state index in [2.05, 4.69) is 9.97 Å². The van der Waals surface area contributed by atoms with Crippen LogP contribution >= 0.6 is 11.3 Å². The van der Waals surface area contributed by atoms with Gasteiger partial charge in [-0.05, 0) is 17.9 Å². The average molecular weight is 336 g/mol. The molecular formula is C13H12N4O3S2. The highest BCUT2D eigenvalue weighted by molar-refractivity contribution is 7.91. The molecule has 22 heavy (non-hydrogen) atoms. The molecule has 0 N–H and O–H groups in total. The van der Waals surface area contributed by atoms with Gasteiger partial charge in [-0.25, -0.2) is 18.4 Å². The summed E-state index contributed by atoms with van der Waals surface area (Å²) in [6.07, 6.45) is 3.06. The van der Waals surface area contributed by atoms with Gasteiger partial charge in [0, 0.05) is 18.9 Å². The first kappa shape index (κ1) is 14.9. The van der Waals surface area contributed by atoms with E-state index in [-0.39, 0.29) is 24.2 Å². The summed E-state index contributed by atoms with van der Waals surface area (Å²) >= 11 is 1.19. The van der Waals surface area contributed by atoms with Crippen molar-refractivity contribution in [3.05, 3.63) is 35.6 Å². The third-order valence-electron chi connectivity index (χ3n) is 3.25. The number of hydrogen-bond donors (Lipinski definition) is 0. The largest absolute Gasteiger partial charge is 0.471 e. The molecule has 1 atom stereocenters. The SMILES string of the molecule is N#Cc1nccnc1O[C@@H]1CCN(S(=O)(=O)c2cccs2)C1. The smallest absolute Gasteiger partial charge is 0.252 e. The van der Waals surface area contributed by atoms with Crippen LogP contribution in [-0.2, 0) is 10.0 Å². The molecule has 1 aliphatic rings. The van der Waals surface area contributed by atoms with E-state index in [1.54, 1.807) is 17.5 Å². The Morgan fingerprint density at radius 3 is 2.95 bits per heavy atom. The molecule has 9 heteroatoms. The number of rotatable bonds is 4. The molecule has 114 valence electrons. The van der Waals surface area contributed by atoms with Crippen LogP contribution in [0, 0.1) is 11.3 Å². The molecule has 0 bridgehead atoms. The number of aromatic nitrogens is 2. The fourth-order valence-corrected chi connectivity index (χ4v) is 4.83. The maximum atomic E-state index is 12.4. The molecule has 0 aliphatic carbocycles. The quantitative estimate of drug-likeness (QED) is 0.834. The minimum absolute atomic E-state index is 0.0991. The van der Waals surface area contributed by atoms with Crippen molar-refractivity contribution in [1.82, 2.24) is 14.3 Å². The third-order valence-corrected chi connectivity index (χ3v) is 6.48. The lowest BCUT2D eigenvalue weighted by molar-refractivity contribution is 0.205. The predicted octanol–water partition coefficient (Wildman–Crippen LogP) is 1.25. The Bertz CT molecular complexity index is 799. The van der Waals surface area contributed by atoms with E-state index in [1.165, 1.54) is 28.0 Å². The summed E-state index contributed by atoms with van der Waals surface area (Å²) in [4.78, 5) is 7.85. The first-order chi connectivity index (χ1) is 10.6. The highest BCUT2D eigenvalue weighted by Gasteiger charge is 2.34. The van der Waals surface area contributed by atoms with E-state index in [0.717, 1.165) is 0 Å². The Hall–Kier alpha value is -2.02. The lowest BCUT2D eigenvalue weighted by atomic mass is 10.3. The molecule has 1 fully saturated rings. The Labute approximate surface area is 131 Å². The average Bonchev–Trinajstić information content (AvgIpc) is 3.20. The van der Waals surface area contributed by atoms with Gasteiger partial charge < -0.3 is 4.74 Å². The van der Waals surface area contributed by atoms with Crippen LogP contribution in [0.5, 0.6) is 5.88 Å². The van der Waals surface area contributed by atoms with Gasteiger partial charge >= 0.3 is 0 Å². The zero-order valence-corrected chi connectivity index (χ0v) is 13.0. The molecule has 0 unspecified atom stereocenters. The minimum Gasteiger partial charge on any atom is -0.471 e. The standard InChI is InChI=1S/C13H12N4O3S2/c14-8-11-13(16-5-4-15-11)20-10-3-6-17(9-10)22(18,19)12-2-1-7-21-12/h1-2,4-5,7,10H,3,6,9H2/t10-/m1/s1. The van der Waals surface area contributed by atoms with Crippen molar-refractivity contribution in [3.8, 4) is 11.9 Å². The Kier molecular flexibility index (Phi) is 4.06. The second-order valence-electron chi connectivity index (χ2n) is 4.65. The molecule has 1 aliphatic heterocycles. The molecule has 0 aromatic carbocycles. The van der Waals surface area contributed by atoms with Crippen molar-refractivity contribution in [3.63, 3.8) is 0 Å². The Morgan fingerprint density at radius 2 is 2.23 bits per heavy atom. The van der Waals surface area contributed by atoms with E-state index in [4.69, 9.17) is 10.00 Å². The van der Waals surface area contributed by atoms with Gasteiger partial charge in [-0.3, -0.25) is 0 Å². The van der Waals surface area contributed by atoms with Crippen LogP contribution in [0.2, 0.25) is 0 Å². The number of sulfonamides is 1. The van der Waals surface area contributed by atoms with Crippen molar-refractivity contribution < 1.29 is 13.2 Å². The molecule has 2 aromatic heterocycles. The normalized spacial score (nSPS) is 19.0. The van der Waals surface area contributed by atoms with E-state index in [0.29, 0.717) is 17.2 Å². The van der Waals surface area contributed by atoms with Crippen molar-refractivity contribution in [2.45, 2.75) is 16.7 Å². The maximum absolute atomic E-state index is 12.4. The first-order valence-corrected chi connectivity index (χ1v) is 8.84. The van der Waals surface area contributed by atoms with Crippen molar-refractivity contribution >= 4 is 21.4 Å². The van der Waals surface area contributed by atoms with Gasteiger partial charge in [0.25, 0.3) is 15.9 Å². The van der Waals surface area contributed by atoms with Gasteiger partial charge in [0.15, 0.2) is 0 Å². The van der Waals surface area contributed by atoms with Crippen LogP contribution in [-0.4, -0.2) is 41.9 Å². The molecule has 0 saturated carbocycles. The maximum Gasteiger partial charge on any atom is 0.252 e. The van der Waals surface area contributed by atoms with Crippen molar-refractivity contribution in [2.75, 3.05) is 13.1 Å². The van der Waals surface area contributed by atoms with Crippen molar-refractivity contribution in [2.24, 2.45) is 0 Å². The van der Waals surface area contributed by atoms with Gasteiger partial charge in [-0.1, -0.05) is 6.07 Å². The molecule has 2 aromatic rings. The Morgan fingerprint density at radius 1 is 1.41 bits per heavy atom. The van der Waals surface area contributed by atoms with Crippen LogP contribution in [0.4, 0.5) is 0 Å². The summed E-state index contributed by atoms with van der Waals surface area (Å²) in [5, 5.41) is 10.7. The van der Waals surface area contributed by atoms with Crippen LogP contribution in [0.15, 0.2) is 34.1 Å². The van der Waals surface area contributed by atoms with Crippen LogP contribution in [0.25, 0.3) is 0 Å². The highest BCUT2D eigenvalue weighted by Crippen LogP contribution is 2.26. The zero-order chi connectivity index (χ0) is 15.6. The summed E-state index contributed by atoms with van der Waals surface area (Å²) in [7, 11) is -3.47. The van der Waals surface area contributed by atoms with Gasteiger partial charge in [-0.15, -0.1) is 11.3 Å². The van der Waals surface area contributed by atoms with Gasteiger partial charge in [-0.2, -0.15) is 9.57 Å². The molecule has 3 heterocycles. The third kappa shape index (κ3) is 2.81. The molecular weight excluding hydrogens is 324 g/mol. The first-order valence-electron chi connectivity index (χ1n) is 6.52. The zero-order valence-electron chi connectivity index (χ0n) is 11.4. The molecule has 3 rings (SSSR count). The monoisotopic (exact) mass is 336 g/mol. The summed E-state index contributed by atoms with van der Waals surface area (Å²) in [5.41, 5.74) is 0.0991. The van der Waals surface area contributed by atoms with Crippen LogP contribution in [0.1, 0.15) is 12.1 Å². The highest BCUT2D eigenvalue weighted by atomic mass is 32.2. The summed E-state index contributed by atoms with van der Waals surface area (Å²) < 4.78 is 32.2. The molecule has 1 saturated heterocycles. The van der Waals surface area contributed by atoms with E-state index < -0.39 is 10.0 Å². The lowest BCUT2D eigenvalue weighted by Gasteiger charge is -2.16. The van der Waals surface area contributed by atoms with Gasteiger partial charge in [0.2, 0.25) is 5.69 Å². The summed E-state index contributed by atoms with van der Waals surface area (Å²) in [6, 6.07) is 5.20. The summed E-state index contributed by atoms with van der Waals surface area (Å²) in [5.74, 6) is 0.144. The predicted molar refractivity (Wildman–Crippen MR) is 78.9 cm³/mol. The van der Waals surface area contributed by atoms with E-state index in [9.17, 15) is 8.42 Å². The number of ether oxygens (including phenoxy) is 1. The second kappa shape index (κ2) is 6.00. The van der Waals surface area contributed by atoms with E-state index in [1.807, 2.05) is 6.07 Å². The number of hydrogen-bond acceptors (Lipinski definition) is 7. The Balaban J connectivity index is 1.72. The van der Waals surface area contributed by atoms with Crippen LogP contribution < -0.4 is 4.74 Å². The fraction of sp³-hybridized carbons (Fsp3) is 0.308. The second-order valence-corrected chi connectivity index (χ2v) is 7.76. The number of thiophene rings is 1. The fourth-order valence-electron chi connectivity index (χ4n) is 2.20. The number of nitriles is 1. The van der Waals surface area contributed by atoms with Gasteiger partial charge in [0.05, 0.1) is 6.54 Å². The lowest BCUT2D eigenvalue weighted by Crippen LogP contribution is -2.30. The molecule has 0 amide bonds. The molecule has 0 spiro atoms. The minimum atomic E-state index is -3.47. The molecule has 0 radical (unpaired) electrons. The van der Waals surface area contributed by atoms with E-state index >= 15 is 0 Å². The van der Waals surface area contributed by atoms with Crippen molar-refractivity contribution in [1.29, 1.82) is 5.26 Å². The van der Waals surface area contributed by atoms with Gasteiger partial charge in [0.1, 0.15) is 16.4 Å². The topological polar surface area (TPSA) is 96.2 Å². The molecule has 7 nitrogen and oxygen atoms in total. The summed E-state index contributed by atoms with van der Waals surface area (Å²) in [6.45, 7) is 0.620.